The number of aryl methyl sites for hydroxylation is 1. The standard InChI is InChI=1S/C22H21N7S/c1-12-2-3-19(30-12)15-9-24-10-18-20(15)27-22(26-18)21-14-8-16(13-4-6-23-7-5-13)25-11-17(14)28-29-21/h2-3,8-11,13,23H,4-7H2,1H3,(H,26,27)(H,28,29). The fourth-order valence-corrected chi connectivity index (χ4v) is 5.14. The van der Waals surface area contributed by atoms with Crippen LogP contribution in [0.3, 0.4) is 0 Å². The average molecular weight is 416 g/mol. The summed E-state index contributed by atoms with van der Waals surface area (Å²) in [6, 6.07) is 6.44. The van der Waals surface area contributed by atoms with Crippen molar-refractivity contribution in [2.45, 2.75) is 25.7 Å². The monoisotopic (exact) mass is 415 g/mol. The zero-order valence-corrected chi connectivity index (χ0v) is 17.4. The van der Waals surface area contributed by atoms with E-state index in [1.54, 1.807) is 11.3 Å². The molecule has 6 rings (SSSR count). The molecule has 3 N–H and O–H groups in total. The molecule has 0 aromatic carbocycles. The van der Waals surface area contributed by atoms with Crippen LogP contribution in [0.4, 0.5) is 0 Å². The second kappa shape index (κ2) is 7.00. The van der Waals surface area contributed by atoms with Crippen molar-refractivity contribution >= 4 is 33.3 Å². The summed E-state index contributed by atoms with van der Waals surface area (Å²) in [6.07, 6.45) is 7.84. The number of aromatic amines is 2. The van der Waals surface area contributed by atoms with Gasteiger partial charge in [0.2, 0.25) is 0 Å². The molecule has 0 radical (unpaired) electrons. The molecule has 1 fully saturated rings. The lowest BCUT2D eigenvalue weighted by Gasteiger charge is -2.21. The highest BCUT2D eigenvalue weighted by atomic mass is 32.1. The highest BCUT2D eigenvalue weighted by molar-refractivity contribution is 7.15. The molecule has 1 aliphatic rings. The van der Waals surface area contributed by atoms with E-state index in [4.69, 9.17) is 9.97 Å². The molecule has 150 valence electrons. The number of thiophene rings is 1. The van der Waals surface area contributed by atoms with Gasteiger partial charge in [0.25, 0.3) is 0 Å². The van der Waals surface area contributed by atoms with Crippen molar-refractivity contribution in [3.05, 3.63) is 47.4 Å². The summed E-state index contributed by atoms with van der Waals surface area (Å²) >= 11 is 1.75. The van der Waals surface area contributed by atoms with Crippen LogP contribution in [-0.4, -0.2) is 43.2 Å². The van der Waals surface area contributed by atoms with Gasteiger partial charge in [0, 0.05) is 38.5 Å². The summed E-state index contributed by atoms with van der Waals surface area (Å²) in [4.78, 5) is 19.9. The van der Waals surface area contributed by atoms with E-state index in [0.29, 0.717) is 5.92 Å². The molecular formula is C22H21N7S. The van der Waals surface area contributed by atoms with E-state index in [-0.39, 0.29) is 0 Å². The minimum absolute atomic E-state index is 0.493. The summed E-state index contributed by atoms with van der Waals surface area (Å²) in [5.74, 6) is 1.24. The lowest BCUT2D eigenvalue weighted by atomic mass is 9.93. The molecule has 30 heavy (non-hydrogen) atoms. The molecule has 8 heteroatoms. The van der Waals surface area contributed by atoms with E-state index < -0.39 is 0 Å². The average Bonchev–Trinajstić information content (AvgIpc) is 3.51. The number of hydrogen-bond acceptors (Lipinski definition) is 6. The van der Waals surface area contributed by atoms with E-state index in [1.807, 2.05) is 18.6 Å². The molecule has 1 aliphatic heterocycles. The van der Waals surface area contributed by atoms with Crippen LogP contribution in [0.1, 0.15) is 29.3 Å². The Kier molecular flexibility index (Phi) is 4.14. The van der Waals surface area contributed by atoms with Gasteiger partial charge in [0.15, 0.2) is 5.82 Å². The van der Waals surface area contributed by atoms with Crippen LogP contribution >= 0.6 is 11.3 Å². The van der Waals surface area contributed by atoms with Crippen LogP contribution in [0.2, 0.25) is 0 Å². The maximum atomic E-state index is 4.93. The Morgan fingerprint density at radius 3 is 2.80 bits per heavy atom. The molecule has 5 aromatic rings. The van der Waals surface area contributed by atoms with Crippen LogP contribution in [0.25, 0.3) is 43.9 Å². The van der Waals surface area contributed by atoms with Crippen LogP contribution in [0.15, 0.2) is 36.8 Å². The van der Waals surface area contributed by atoms with E-state index in [0.717, 1.165) is 70.6 Å². The second-order valence-corrected chi connectivity index (χ2v) is 9.12. The van der Waals surface area contributed by atoms with Crippen LogP contribution in [0, 0.1) is 6.92 Å². The molecule has 0 spiro atoms. The van der Waals surface area contributed by atoms with Crippen LogP contribution in [-0.2, 0) is 0 Å². The van der Waals surface area contributed by atoms with Gasteiger partial charge in [-0.1, -0.05) is 0 Å². The Bertz CT molecular complexity index is 1360. The van der Waals surface area contributed by atoms with E-state index in [1.165, 1.54) is 9.75 Å². The molecule has 5 aromatic heterocycles. The first-order valence-electron chi connectivity index (χ1n) is 10.2. The maximum Gasteiger partial charge on any atom is 0.159 e. The second-order valence-electron chi connectivity index (χ2n) is 7.83. The topological polar surface area (TPSA) is 95.2 Å². The minimum atomic E-state index is 0.493. The first kappa shape index (κ1) is 17.7. The van der Waals surface area contributed by atoms with Crippen molar-refractivity contribution < 1.29 is 0 Å². The summed E-state index contributed by atoms with van der Waals surface area (Å²) < 4.78 is 0. The third-order valence-corrected chi connectivity index (χ3v) is 6.88. The zero-order valence-electron chi connectivity index (χ0n) is 16.6. The number of pyridine rings is 2. The number of H-pyrrole nitrogens is 2. The Labute approximate surface area is 177 Å². The summed E-state index contributed by atoms with van der Waals surface area (Å²) in [5.41, 5.74) is 5.77. The van der Waals surface area contributed by atoms with Gasteiger partial charge in [-0.3, -0.25) is 15.1 Å². The Morgan fingerprint density at radius 2 is 1.97 bits per heavy atom. The molecule has 7 nitrogen and oxygen atoms in total. The van der Waals surface area contributed by atoms with Gasteiger partial charge in [0.05, 0.1) is 23.4 Å². The number of rotatable bonds is 3. The van der Waals surface area contributed by atoms with Gasteiger partial charge < -0.3 is 10.3 Å². The van der Waals surface area contributed by atoms with Crippen molar-refractivity contribution in [3.8, 4) is 22.0 Å². The van der Waals surface area contributed by atoms with Crippen molar-refractivity contribution in [1.82, 2.24) is 35.5 Å². The molecule has 0 saturated carbocycles. The quantitative estimate of drug-likeness (QED) is 0.406. The lowest BCUT2D eigenvalue weighted by molar-refractivity contribution is 0.453. The smallest absolute Gasteiger partial charge is 0.159 e. The predicted octanol–water partition coefficient (Wildman–Crippen LogP) is 4.40. The van der Waals surface area contributed by atoms with Crippen LogP contribution in [0.5, 0.6) is 0 Å². The largest absolute Gasteiger partial charge is 0.335 e. The molecule has 0 atom stereocenters. The van der Waals surface area contributed by atoms with Crippen molar-refractivity contribution in [1.29, 1.82) is 0 Å². The highest BCUT2D eigenvalue weighted by Crippen LogP contribution is 2.34. The lowest BCUT2D eigenvalue weighted by Crippen LogP contribution is -2.27. The van der Waals surface area contributed by atoms with Gasteiger partial charge in [0.1, 0.15) is 11.2 Å². The molecule has 0 aliphatic carbocycles. The third-order valence-electron chi connectivity index (χ3n) is 5.85. The third kappa shape index (κ3) is 2.91. The number of fused-ring (bicyclic) bond motifs is 2. The number of nitrogens with one attached hydrogen (secondary N) is 3. The Balaban J connectivity index is 1.47. The Hall–Kier alpha value is -3.10. The van der Waals surface area contributed by atoms with Gasteiger partial charge in [-0.25, -0.2) is 4.98 Å². The SMILES string of the molecule is Cc1ccc(-c2cncc3[nH]c(-c4n[nH]c5cnc(C6CCNCC6)cc45)nc23)s1. The predicted molar refractivity (Wildman–Crippen MR) is 120 cm³/mol. The molecule has 0 amide bonds. The van der Waals surface area contributed by atoms with Gasteiger partial charge in [-0.05, 0) is 51.1 Å². The molecule has 0 unspecified atom stereocenters. The highest BCUT2D eigenvalue weighted by Gasteiger charge is 2.20. The van der Waals surface area contributed by atoms with E-state index in [9.17, 15) is 0 Å². The number of piperidine rings is 1. The maximum absolute atomic E-state index is 4.93. The summed E-state index contributed by atoms with van der Waals surface area (Å²) in [7, 11) is 0. The van der Waals surface area contributed by atoms with Gasteiger partial charge >= 0.3 is 0 Å². The van der Waals surface area contributed by atoms with Crippen molar-refractivity contribution in [3.63, 3.8) is 0 Å². The zero-order chi connectivity index (χ0) is 20.1. The molecule has 1 saturated heterocycles. The summed E-state index contributed by atoms with van der Waals surface area (Å²) in [5, 5.41) is 12.2. The van der Waals surface area contributed by atoms with E-state index in [2.05, 4.69) is 50.6 Å². The van der Waals surface area contributed by atoms with Gasteiger partial charge in [-0.15, -0.1) is 11.3 Å². The minimum Gasteiger partial charge on any atom is -0.335 e. The normalized spacial score (nSPS) is 15.4. The van der Waals surface area contributed by atoms with Crippen molar-refractivity contribution in [2.75, 3.05) is 13.1 Å². The Morgan fingerprint density at radius 1 is 1.07 bits per heavy atom. The number of aromatic nitrogens is 6. The fraction of sp³-hybridized carbons (Fsp3) is 0.273. The van der Waals surface area contributed by atoms with Gasteiger partial charge in [-0.2, -0.15) is 5.10 Å². The van der Waals surface area contributed by atoms with Crippen molar-refractivity contribution in [2.24, 2.45) is 0 Å². The van der Waals surface area contributed by atoms with E-state index >= 15 is 0 Å². The number of imidazole rings is 1. The molecule has 6 heterocycles. The fourth-order valence-electron chi connectivity index (χ4n) is 4.26. The first-order valence-corrected chi connectivity index (χ1v) is 11.0. The summed E-state index contributed by atoms with van der Waals surface area (Å²) in [6.45, 7) is 4.20. The van der Waals surface area contributed by atoms with Crippen LogP contribution < -0.4 is 5.32 Å². The number of hydrogen-bond donors (Lipinski definition) is 3. The molecular weight excluding hydrogens is 394 g/mol. The first-order chi connectivity index (χ1) is 14.8. The molecule has 0 bridgehead atoms. The number of nitrogens with zero attached hydrogens (tertiary/aromatic N) is 4.